The number of rotatable bonds is 4. The second kappa shape index (κ2) is 6.00. The van der Waals surface area contributed by atoms with E-state index in [1.54, 1.807) is 0 Å². The van der Waals surface area contributed by atoms with Crippen molar-refractivity contribution in [2.75, 3.05) is 7.11 Å². The molecule has 0 spiro atoms. The first-order chi connectivity index (χ1) is 10.3. The van der Waals surface area contributed by atoms with Gasteiger partial charge in [-0.15, -0.1) is 13.2 Å². The van der Waals surface area contributed by atoms with E-state index in [2.05, 4.69) is 9.72 Å². The van der Waals surface area contributed by atoms with Crippen LogP contribution in [0.3, 0.4) is 0 Å². The van der Waals surface area contributed by atoms with Gasteiger partial charge in [-0.1, -0.05) is 0 Å². The Balaban J connectivity index is 2.57. The standard InChI is InChI=1S/C14H9F4NO3/c1-21-13-5-11(12(15)6-19-13)10-4-9(22-14(16,17)18)3-2-8(10)7-20/h2-7H,1H3. The molecule has 116 valence electrons. The van der Waals surface area contributed by atoms with Crippen LogP contribution >= 0.6 is 0 Å². The van der Waals surface area contributed by atoms with Crippen LogP contribution in [0.25, 0.3) is 11.1 Å². The summed E-state index contributed by atoms with van der Waals surface area (Å²) in [6, 6.07) is 4.18. The summed E-state index contributed by atoms with van der Waals surface area (Å²) in [6.45, 7) is 0. The first kappa shape index (κ1) is 15.7. The highest BCUT2D eigenvalue weighted by atomic mass is 19.4. The Morgan fingerprint density at radius 3 is 2.50 bits per heavy atom. The Morgan fingerprint density at radius 2 is 1.91 bits per heavy atom. The van der Waals surface area contributed by atoms with E-state index in [1.807, 2.05) is 0 Å². The molecule has 0 unspecified atom stereocenters. The molecule has 0 aliphatic heterocycles. The third-order valence-electron chi connectivity index (χ3n) is 2.71. The number of hydrogen-bond donors (Lipinski definition) is 0. The summed E-state index contributed by atoms with van der Waals surface area (Å²) in [4.78, 5) is 14.7. The van der Waals surface area contributed by atoms with Gasteiger partial charge in [-0.3, -0.25) is 4.79 Å². The molecule has 2 aromatic rings. The van der Waals surface area contributed by atoms with Crippen molar-refractivity contribution in [2.45, 2.75) is 6.36 Å². The molecule has 0 bridgehead atoms. The summed E-state index contributed by atoms with van der Waals surface area (Å²) in [5.74, 6) is -1.33. The van der Waals surface area contributed by atoms with Gasteiger partial charge in [0.15, 0.2) is 6.29 Å². The molecule has 1 heterocycles. The lowest BCUT2D eigenvalue weighted by molar-refractivity contribution is -0.274. The number of benzene rings is 1. The van der Waals surface area contributed by atoms with Gasteiger partial charge in [-0.2, -0.15) is 0 Å². The van der Waals surface area contributed by atoms with E-state index in [-0.39, 0.29) is 22.6 Å². The maximum Gasteiger partial charge on any atom is 0.573 e. The maximum atomic E-state index is 13.9. The summed E-state index contributed by atoms with van der Waals surface area (Å²) in [7, 11) is 1.30. The molecule has 0 aliphatic rings. The number of nitrogens with zero attached hydrogens (tertiary/aromatic N) is 1. The van der Waals surface area contributed by atoms with Crippen LogP contribution in [0.4, 0.5) is 17.6 Å². The van der Waals surface area contributed by atoms with Gasteiger partial charge in [0, 0.05) is 17.2 Å². The van der Waals surface area contributed by atoms with Crippen molar-refractivity contribution in [3.05, 3.63) is 41.8 Å². The smallest absolute Gasteiger partial charge is 0.481 e. The lowest BCUT2D eigenvalue weighted by atomic mass is 10.0. The number of pyridine rings is 1. The first-order valence-electron chi connectivity index (χ1n) is 5.89. The Labute approximate surface area is 122 Å². The fourth-order valence-electron chi connectivity index (χ4n) is 1.81. The summed E-state index contributed by atoms with van der Waals surface area (Å²) in [5, 5.41) is 0. The van der Waals surface area contributed by atoms with E-state index >= 15 is 0 Å². The molecule has 1 aromatic carbocycles. The Bertz CT molecular complexity index is 701. The van der Waals surface area contributed by atoms with Gasteiger partial charge in [0.1, 0.15) is 11.6 Å². The van der Waals surface area contributed by atoms with Crippen LogP contribution in [0.5, 0.6) is 11.6 Å². The van der Waals surface area contributed by atoms with E-state index in [4.69, 9.17) is 4.74 Å². The van der Waals surface area contributed by atoms with Crippen molar-refractivity contribution in [1.82, 2.24) is 4.98 Å². The minimum atomic E-state index is -4.89. The molecular formula is C14H9F4NO3. The second-order valence-electron chi connectivity index (χ2n) is 4.12. The van der Waals surface area contributed by atoms with Crippen molar-refractivity contribution in [3.63, 3.8) is 0 Å². The molecule has 2 rings (SSSR count). The van der Waals surface area contributed by atoms with Crippen molar-refractivity contribution in [1.29, 1.82) is 0 Å². The minimum absolute atomic E-state index is 0.00155. The number of carbonyl (C=O) groups excluding carboxylic acids is 1. The summed E-state index contributed by atoms with van der Waals surface area (Å²) < 4.78 is 59.3. The van der Waals surface area contributed by atoms with Gasteiger partial charge < -0.3 is 9.47 Å². The van der Waals surface area contributed by atoms with Crippen LogP contribution in [0.15, 0.2) is 30.5 Å². The van der Waals surface area contributed by atoms with Gasteiger partial charge in [0.25, 0.3) is 0 Å². The van der Waals surface area contributed by atoms with Gasteiger partial charge in [0.2, 0.25) is 5.88 Å². The number of alkyl halides is 3. The number of carbonyl (C=O) groups is 1. The second-order valence-corrected chi connectivity index (χ2v) is 4.12. The molecule has 1 aromatic heterocycles. The number of halogens is 4. The summed E-state index contributed by atoms with van der Waals surface area (Å²) >= 11 is 0. The monoisotopic (exact) mass is 315 g/mol. The molecule has 0 saturated heterocycles. The van der Waals surface area contributed by atoms with Gasteiger partial charge in [0.05, 0.1) is 13.3 Å². The van der Waals surface area contributed by atoms with E-state index in [1.165, 1.54) is 13.2 Å². The average molecular weight is 315 g/mol. The van der Waals surface area contributed by atoms with Gasteiger partial charge in [-0.05, 0) is 23.8 Å². The zero-order valence-electron chi connectivity index (χ0n) is 11.1. The first-order valence-corrected chi connectivity index (χ1v) is 5.89. The van der Waals surface area contributed by atoms with Crippen LogP contribution in [-0.4, -0.2) is 24.7 Å². The molecule has 4 nitrogen and oxygen atoms in total. The van der Waals surface area contributed by atoms with Crippen molar-refractivity contribution < 1.29 is 31.8 Å². The van der Waals surface area contributed by atoms with Gasteiger partial charge in [-0.25, -0.2) is 9.37 Å². The molecule has 0 saturated carbocycles. The maximum absolute atomic E-state index is 13.9. The minimum Gasteiger partial charge on any atom is -0.481 e. The molecule has 0 fully saturated rings. The highest BCUT2D eigenvalue weighted by molar-refractivity contribution is 5.88. The number of methoxy groups -OCH3 is 1. The zero-order valence-corrected chi connectivity index (χ0v) is 11.1. The molecule has 0 amide bonds. The lowest BCUT2D eigenvalue weighted by Gasteiger charge is -2.12. The van der Waals surface area contributed by atoms with Crippen LogP contribution in [0.1, 0.15) is 10.4 Å². The van der Waals surface area contributed by atoms with Crippen molar-refractivity contribution >= 4 is 6.29 Å². The van der Waals surface area contributed by atoms with E-state index in [0.29, 0.717) is 6.29 Å². The Hall–Kier alpha value is -2.64. The molecule has 0 aliphatic carbocycles. The fraction of sp³-hybridized carbons (Fsp3) is 0.143. The molecular weight excluding hydrogens is 306 g/mol. The predicted molar refractivity (Wildman–Crippen MR) is 68.3 cm³/mol. The number of aromatic nitrogens is 1. The third kappa shape index (κ3) is 3.51. The van der Waals surface area contributed by atoms with E-state index in [0.717, 1.165) is 24.4 Å². The molecule has 8 heteroatoms. The van der Waals surface area contributed by atoms with E-state index in [9.17, 15) is 22.4 Å². The molecule has 22 heavy (non-hydrogen) atoms. The topological polar surface area (TPSA) is 48.4 Å². The quantitative estimate of drug-likeness (QED) is 0.639. The van der Waals surface area contributed by atoms with Crippen molar-refractivity contribution in [3.8, 4) is 22.8 Å². The Morgan fingerprint density at radius 1 is 1.18 bits per heavy atom. The lowest BCUT2D eigenvalue weighted by Crippen LogP contribution is -2.17. The fourth-order valence-corrected chi connectivity index (χ4v) is 1.81. The zero-order chi connectivity index (χ0) is 16.3. The van der Waals surface area contributed by atoms with Gasteiger partial charge >= 0.3 is 6.36 Å². The highest BCUT2D eigenvalue weighted by Crippen LogP contribution is 2.32. The normalized spacial score (nSPS) is 11.1. The largest absolute Gasteiger partial charge is 0.573 e. The van der Waals surface area contributed by atoms with Crippen molar-refractivity contribution in [2.24, 2.45) is 0 Å². The SMILES string of the molecule is COc1cc(-c2cc(OC(F)(F)F)ccc2C=O)c(F)cn1. The predicted octanol–water partition coefficient (Wildman–Crippen LogP) is 3.61. The number of ether oxygens (including phenoxy) is 2. The highest BCUT2D eigenvalue weighted by Gasteiger charge is 2.31. The van der Waals surface area contributed by atoms with Crippen LogP contribution < -0.4 is 9.47 Å². The Kier molecular flexibility index (Phi) is 4.30. The van der Waals surface area contributed by atoms with Crippen LogP contribution in [0, 0.1) is 5.82 Å². The third-order valence-corrected chi connectivity index (χ3v) is 2.71. The summed E-state index contributed by atoms with van der Waals surface area (Å²) in [6.07, 6.45) is -3.65. The molecule has 0 N–H and O–H groups in total. The van der Waals surface area contributed by atoms with E-state index < -0.39 is 17.9 Å². The molecule has 0 radical (unpaired) electrons. The summed E-state index contributed by atoms with van der Waals surface area (Å²) in [5.41, 5.74) is -0.182. The van der Waals surface area contributed by atoms with Crippen LogP contribution in [-0.2, 0) is 0 Å². The molecule has 0 atom stereocenters. The number of aldehydes is 1. The average Bonchev–Trinajstić information content (AvgIpc) is 2.46. The van der Waals surface area contributed by atoms with Crippen LogP contribution in [0.2, 0.25) is 0 Å². The number of hydrogen-bond acceptors (Lipinski definition) is 4.